The third-order valence-corrected chi connectivity index (χ3v) is 6.30. The summed E-state index contributed by atoms with van der Waals surface area (Å²) in [5.41, 5.74) is 14.3. The number of anilines is 2. The minimum absolute atomic E-state index is 0.00880. The number of amides is 1. The number of aliphatic hydroxyl groups is 1. The number of nitrogens with zero attached hydrogens (tertiary/aromatic N) is 3. The number of benzene rings is 1. The molecule has 1 aliphatic heterocycles. The minimum atomic E-state index is -0.574. The number of carbonyl (C=O) groups is 2. The highest BCUT2D eigenvalue weighted by Gasteiger charge is 2.27. The molecule has 4 rings (SSSR count). The van der Waals surface area contributed by atoms with Crippen molar-refractivity contribution in [3.05, 3.63) is 71.4 Å². The van der Waals surface area contributed by atoms with Crippen molar-refractivity contribution in [2.75, 3.05) is 23.7 Å². The number of aromatic nitrogens is 2. The van der Waals surface area contributed by atoms with Crippen molar-refractivity contribution in [3.63, 3.8) is 0 Å². The fourth-order valence-corrected chi connectivity index (χ4v) is 4.36. The Balaban J connectivity index is 1.62. The molecule has 3 aromatic rings. The summed E-state index contributed by atoms with van der Waals surface area (Å²) in [6.07, 6.45) is 3.17. The number of piperidine rings is 1. The Hall–Kier alpha value is -3.89. The predicted octanol–water partition coefficient (Wildman–Crippen LogP) is 2.33. The van der Waals surface area contributed by atoms with Crippen LogP contribution in [0, 0.1) is 5.82 Å². The molecule has 10 heteroatoms. The van der Waals surface area contributed by atoms with E-state index in [4.69, 9.17) is 11.5 Å². The van der Waals surface area contributed by atoms with Crippen LogP contribution in [0.1, 0.15) is 46.7 Å². The maximum Gasteiger partial charge on any atom is 0.251 e. The van der Waals surface area contributed by atoms with Gasteiger partial charge in [0, 0.05) is 66.4 Å². The van der Waals surface area contributed by atoms with Gasteiger partial charge >= 0.3 is 0 Å². The summed E-state index contributed by atoms with van der Waals surface area (Å²) in [7, 11) is 0. The average Bonchev–Trinajstić information content (AvgIpc) is 2.86. The van der Waals surface area contributed by atoms with Gasteiger partial charge in [-0.1, -0.05) is 0 Å². The molecule has 0 bridgehead atoms. The number of nitrogens with one attached hydrogen (secondary N) is 1. The summed E-state index contributed by atoms with van der Waals surface area (Å²) in [6.45, 7) is 4.70. The fraction of sp³-hybridized carbons (Fsp3) is 0.333. The van der Waals surface area contributed by atoms with Crippen molar-refractivity contribution < 1.29 is 19.1 Å². The molecule has 1 aromatic carbocycles. The molecule has 1 aliphatic rings. The molecule has 2 atom stereocenters. The molecular weight excluding hydrogens is 475 g/mol. The first kappa shape index (κ1) is 26.2. The Labute approximate surface area is 214 Å². The Morgan fingerprint density at radius 3 is 2.76 bits per heavy atom. The van der Waals surface area contributed by atoms with E-state index in [0.717, 1.165) is 5.69 Å². The smallest absolute Gasteiger partial charge is 0.251 e. The normalized spacial score (nSPS) is 17.6. The van der Waals surface area contributed by atoms with E-state index >= 15 is 0 Å². The molecule has 2 aromatic heterocycles. The number of nitrogen functional groups attached to an aromatic ring is 1. The highest BCUT2D eigenvalue weighted by Crippen LogP contribution is 2.28. The van der Waals surface area contributed by atoms with Crippen molar-refractivity contribution in [2.45, 2.75) is 44.9 Å². The van der Waals surface area contributed by atoms with Crippen molar-refractivity contribution >= 4 is 23.1 Å². The molecule has 37 heavy (non-hydrogen) atoms. The number of aliphatic hydroxyl groups excluding tert-OH is 1. The summed E-state index contributed by atoms with van der Waals surface area (Å²) < 4.78 is 14.7. The molecule has 3 heterocycles. The molecule has 6 N–H and O–H groups in total. The summed E-state index contributed by atoms with van der Waals surface area (Å²) in [6, 6.07) is 8.36. The lowest BCUT2D eigenvalue weighted by Crippen LogP contribution is -2.51. The van der Waals surface area contributed by atoms with E-state index in [9.17, 15) is 19.1 Å². The lowest BCUT2D eigenvalue weighted by atomic mass is 9.99. The van der Waals surface area contributed by atoms with Gasteiger partial charge in [0.1, 0.15) is 11.5 Å². The molecule has 1 fully saturated rings. The van der Waals surface area contributed by atoms with Crippen molar-refractivity contribution in [3.8, 4) is 11.3 Å². The van der Waals surface area contributed by atoms with Crippen LogP contribution >= 0.6 is 0 Å². The number of nitrogens with two attached hydrogens (primary N) is 2. The molecular formula is C27H31FN6O3. The average molecular weight is 507 g/mol. The van der Waals surface area contributed by atoms with Gasteiger partial charge in [0.15, 0.2) is 5.78 Å². The molecule has 0 aliphatic carbocycles. The van der Waals surface area contributed by atoms with Crippen LogP contribution in [0.4, 0.5) is 15.8 Å². The number of Topliss-reactive ketones (excluding diaryl/α,β-unsaturated/α-hetero) is 1. The third-order valence-electron chi connectivity index (χ3n) is 6.30. The van der Waals surface area contributed by atoms with E-state index in [0.29, 0.717) is 25.1 Å². The number of ketones is 1. The number of hydrogen-bond donors (Lipinski definition) is 4. The SMILES string of the molecule is CC(C)NC(=O)c1ccc(F)c(-c2ccc(N)c(C(=O)Cc3cnccc3N3CC[C@@H](O)[C@H](N)C3)n2)c1. The first-order valence-corrected chi connectivity index (χ1v) is 12.2. The van der Waals surface area contributed by atoms with Gasteiger partial charge in [-0.15, -0.1) is 0 Å². The predicted molar refractivity (Wildman–Crippen MR) is 140 cm³/mol. The Morgan fingerprint density at radius 2 is 2.03 bits per heavy atom. The van der Waals surface area contributed by atoms with Crippen LogP contribution in [0.15, 0.2) is 48.8 Å². The fourth-order valence-electron chi connectivity index (χ4n) is 4.36. The van der Waals surface area contributed by atoms with Crippen molar-refractivity contribution in [1.82, 2.24) is 15.3 Å². The number of halogens is 1. The minimum Gasteiger partial charge on any atom is -0.397 e. The Bertz CT molecular complexity index is 1320. The number of carbonyl (C=O) groups excluding carboxylic acids is 2. The lowest BCUT2D eigenvalue weighted by Gasteiger charge is -2.36. The van der Waals surface area contributed by atoms with Crippen LogP contribution < -0.4 is 21.7 Å². The van der Waals surface area contributed by atoms with Gasteiger partial charge in [0.2, 0.25) is 0 Å². The van der Waals surface area contributed by atoms with E-state index < -0.39 is 18.0 Å². The zero-order valence-electron chi connectivity index (χ0n) is 20.8. The highest BCUT2D eigenvalue weighted by molar-refractivity contribution is 6.01. The molecule has 0 unspecified atom stereocenters. The molecule has 0 saturated carbocycles. The molecule has 1 amide bonds. The van der Waals surface area contributed by atoms with Gasteiger partial charge in [0.25, 0.3) is 5.91 Å². The summed E-state index contributed by atoms with van der Waals surface area (Å²) in [5.74, 6) is -1.27. The Kier molecular flexibility index (Phi) is 7.80. The zero-order valence-corrected chi connectivity index (χ0v) is 20.8. The van der Waals surface area contributed by atoms with Gasteiger partial charge in [0.05, 0.1) is 17.5 Å². The maximum absolute atomic E-state index is 14.7. The van der Waals surface area contributed by atoms with Gasteiger partial charge in [-0.2, -0.15) is 0 Å². The van der Waals surface area contributed by atoms with Gasteiger partial charge in [-0.05, 0) is 56.7 Å². The second-order valence-corrected chi connectivity index (χ2v) is 9.53. The number of rotatable bonds is 7. The largest absolute Gasteiger partial charge is 0.397 e. The molecule has 0 radical (unpaired) electrons. The molecule has 194 valence electrons. The summed E-state index contributed by atoms with van der Waals surface area (Å²) in [4.78, 5) is 36.3. The third kappa shape index (κ3) is 5.92. The van der Waals surface area contributed by atoms with Crippen LogP contribution in [0.5, 0.6) is 0 Å². The number of hydrogen-bond acceptors (Lipinski definition) is 8. The first-order valence-electron chi connectivity index (χ1n) is 12.2. The van der Waals surface area contributed by atoms with Gasteiger partial charge < -0.3 is 26.8 Å². The quantitative estimate of drug-likeness (QED) is 0.357. The zero-order chi connectivity index (χ0) is 26.7. The second kappa shape index (κ2) is 11.0. The standard InChI is InChI=1S/C27H31FN6O3/c1-15(2)32-27(37)16-3-4-19(28)18(11-16)22-6-5-20(29)26(33-22)25(36)12-17-13-31-9-7-23(17)34-10-8-24(35)21(30)14-34/h3-7,9,11,13,15,21,24,35H,8,10,12,14,29-30H2,1-2H3,(H,32,37)/t21-,24-/m1/s1. The van der Waals surface area contributed by atoms with E-state index in [1.54, 1.807) is 12.4 Å². The van der Waals surface area contributed by atoms with E-state index in [1.807, 2.05) is 24.8 Å². The van der Waals surface area contributed by atoms with E-state index in [-0.39, 0.29) is 52.4 Å². The van der Waals surface area contributed by atoms with Crippen molar-refractivity contribution in [2.24, 2.45) is 5.73 Å². The topological polar surface area (TPSA) is 147 Å². The maximum atomic E-state index is 14.7. The summed E-state index contributed by atoms with van der Waals surface area (Å²) >= 11 is 0. The lowest BCUT2D eigenvalue weighted by molar-refractivity contribution is 0.0941. The van der Waals surface area contributed by atoms with Crippen molar-refractivity contribution in [1.29, 1.82) is 0 Å². The van der Waals surface area contributed by atoms with Crippen LogP contribution in [-0.4, -0.2) is 58.0 Å². The Morgan fingerprint density at radius 1 is 1.24 bits per heavy atom. The monoisotopic (exact) mass is 506 g/mol. The van der Waals surface area contributed by atoms with Crippen LogP contribution in [0.25, 0.3) is 11.3 Å². The molecule has 9 nitrogen and oxygen atoms in total. The highest BCUT2D eigenvalue weighted by atomic mass is 19.1. The van der Waals surface area contributed by atoms with Crippen LogP contribution in [0.3, 0.4) is 0 Å². The first-order chi connectivity index (χ1) is 17.6. The molecule has 0 spiro atoms. The van der Waals surface area contributed by atoms with E-state index in [2.05, 4.69) is 15.3 Å². The van der Waals surface area contributed by atoms with Crippen LogP contribution in [-0.2, 0) is 6.42 Å². The van der Waals surface area contributed by atoms with E-state index in [1.165, 1.54) is 30.3 Å². The van der Waals surface area contributed by atoms with Gasteiger partial charge in [-0.3, -0.25) is 14.6 Å². The summed E-state index contributed by atoms with van der Waals surface area (Å²) in [5, 5.41) is 12.7. The molecule has 1 saturated heterocycles. The number of pyridine rings is 2. The second-order valence-electron chi connectivity index (χ2n) is 9.53. The van der Waals surface area contributed by atoms with Crippen LogP contribution in [0.2, 0.25) is 0 Å². The van der Waals surface area contributed by atoms with Gasteiger partial charge in [-0.25, -0.2) is 9.37 Å².